The van der Waals surface area contributed by atoms with E-state index in [2.05, 4.69) is 37.1 Å². The molecule has 0 heterocycles. The molecule has 2 nitrogen and oxygen atoms in total. The molecule has 0 saturated heterocycles. The molecule has 0 amide bonds. The van der Waals surface area contributed by atoms with Crippen LogP contribution in [0, 0.1) is 0 Å². The zero-order chi connectivity index (χ0) is 13.2. The van der Waals surface area contributed by atoms with Gasteiger partial charge in [0.2, 0.25) is 0 Å². The molecule has 0 saturated carbocycles. The van der Waals surface area contributed by atoms with Crippen LogP contribution >= 0.6 is 0 Å². The number of nitrogens with zero attached hydrogens (tertiary/aromatic N) is 1. The third-order valence-corrected chi connectivity index (χ3v) is 2.42. The molecule has 0 N–H and O–H groups in total. The summed E-state index contributed by atoms with van der Waals surface area (Å²) >= 11 is 0. The molecule has 0 aliphatic carbocycles. The number of methoxy groups -OCH3 is 1. The average Bonchev–Trinajstić information content (AvgIpc) is 2.42. The highest BCUT2D eigenvalue weighted by molar-refractivity contribution is 5.84. The molecular weight excluding hydrogens is 222 g/mol. The Labute approximate surface area is 110 Å². The Morgan fingerprint density at radius 2 is 1.89 bits per heavy atom. The molecule has 2 heteroatoms. The van der Waals surface area contributed by atoms with E-state index < -0.39 is 0 Å². The molecule has 0 aromatic heterocycles. The van der Waals surface area contributed by atoms with Crippen LogP contribution in [-0.4, -0.2) is 13.3 Å². The Hall–Kier alpha value is -1.83. The van der Waals surface area contributed by atoms with Gasteiger partial charge in [0.05, 0.1) is 12.8 Å². The van der Waals surface area contributed by atoms with Crippen LogP contribution in [0.5, 0.6) is 5.75 Å². The van der Waals surface area contributed by atoms with Gasteiger partial charge in [0.25, 0.3) is 0 Å². The summed E-state index contributed by atoms with van der Waals surface area (Å²) in [7, 11) is 1.66. The lowest BCUT2D eigenvalue weighted by Crippen LogP contribution is -1.82. The normalized spacial score (nSPS) is 12.5. The van der Waals surface area contributed by atoms with Crippen molar-refractivity contribution in [3.05, 3.63) is 48.1 Å². The minimum absolute atomic E-state index is 0.851. The highest BCUT2D eigenvalue weighted by Crippen LogP contribution is 2.17. The molecule has 0 radical (unpaired) electrons. The van der Waals surface area contributed by atoms with Gasteiger partial charge in [-0.3, -0.25) is 4.99 Å². The highest BCUT2D eigenvalue weighted by Gasteiger charge is 1.91. The van der Waals surface area contributed by atoms with Gasteiger partial charge in [0.15, 0.2) is 0 Å². The molecule has 0 fully saturated rings. The van der Waals surface area contributed by atoms with E-state index in [1.54, 1.807) is 7.11 Å². The van der Waals surface area contributed by atoms with Gasteiger partial charge < -0.3 is 4.74 Å². The fourth-order valence-corrected chi connectivity index (χ4v) is 1.47. The summed E-state index contributed by atoms with van der Waals surface area (Å²) in [6.45, 7) is 4.25. The first-order valence-corrected chi connectivity index (χ1v) is 6.35. The van der Waals surface area contributed by atoms with Gasteiger partial charge in [0.1, 0.15) is 5.75 Å². The second kappa shape index (κ2) is 8.29. The highest BCUT2D eigenvalue weighted by atomic mass is 16.5. The van der Waals surface area contributed by atoms with Crippen molar-refractivity contribution in [2.24, 2.45) is 4.99 Å². The molecule has 0 unspecified atom stereocenters. The van der Waals surface area contributed by atoms with Gasteiger partial charge in [-0.25, -0.2) is 0 Å². The number of benzene rings is 1. The quantitative estimate of drug-likeness (QED) is 0.524. The Balaban J connectivity index is 2.75. The standard InChI is InChI=1S/C16H21NO/c1-4-6-8-14(7-5-2)13-17-15-9-11-16(18-3)12-10-15/h6-13H,4-5H2,1-3H3/b8-6-,14-7+,17-13?. The molecule has 1 aromatic carbocycles. The van der Waals surface area contributed by atoms with Crippen molar-refractivity contribution in [2.75, 3.05) is 7.11 Å². The third-order valence-electron chi connectivity index (χ3n) is 2.42. The smallest absolute Gasteiger partial charge is 0.119 e. The van der Waals surface area contributed by atoms with Crippen molar-refractivity contribution >= 4 is 11.9 Å². The molecule has 0 aliphatic heterocycles. The van der Waals surface area contributed by atoms with Crippen molar-refractivity contribution in [2.45, 2.75) is 26.7 Å². The molecule has 0 atom stereocenters. The van der Waals surface area contributed by atoms with Gasteiger partial charge in [-0.05, 0) is 42.7 Å². The minimum atomic E-state index is 0.851. The Bertz CT molecular complexity index is 427. The van der Waals surface area contributed by atoms with Crippen molar-refractivity contribution in [3.8, 4) is 5.75 Å². The Kier molecular flexibility index (Phi) is 6.55. The average molecular weight is 243 g/mol. The predicted molar refractivity (Wildman–Crippen MR) is 79.0 cm³/mol. The summed E-state index contributed by atoms with van der Waals surface area (Å²) in [6.07, 6.45) is 10.4. The van der Waals surface area contributed by atoms with Crippen molar-refractivity contribution in [1.82, 2.24) is 0 Å². The number of aliphatic imine (C=N–C) groups is 1. The number of rotatable bonds is 6. The first-order valence-electron chi connectivity index (χ1n) is 6.35. The molecule has 1 aromatic rings. The van der Waals surface area contributed by atoms with E-state index in [0.717, 1.165) is 29.9 Å². The van der Waals surface area contributed by atoms with Gasteiger partial charge in [0, 0.05) is 6.21 Å². The van der Waals surface area contributed by atoms with Gasteiger partial charge in [-0.15, -0.1) is 0 Å². The molecule has 18 heavy (non-hydrogen) atoms. The lowest BCUT2D eigenvalue weighted by atomic mass is 10.2. The summed E-state index contributed by atoms with van der Waals surface area (Å²) in [5, 5.41) is 0. The summed E-state index contributed by atoms with van der Waals surface area (Å²) in [6, 6.07) is 7.72. The summed E-state index contributed by atoms with van der Waals surface area (Å²) in [5.74, 6) is 0.851. The number of allylic oxidation sites excluding steroid dienone is 4. The first-order chi connectivity index (χ1) is 8.80. The molecule has 0 aliphatic rings. The topological polar surface area (TPSA) is 21.6 Å². The summed E-state index contributed by atoms with van der Waals surface area (Å²) in [5.41, 5.74) is 2.08. The second-order valence-electron chi connectivity index (χ2n) is 3.88. The van der Waals surface area contributed by atoms with E-state index >= 15 is 0 Å². The zero-order valence-electron chi connectivity index (χ0n) is 11.4. The summed E-state index contributed by atoms with van der Waals surface area (Å²) in [4.78, 5) is 4.45. The zero-order valence-corrected chi connectivity index (χ0v) is 11.4. The molecule has 96 valence electrons. The van der Waals surface area contributed by atoms with Crippen LogP contribution in [0.1, 0.15) is 26.7 Å². The van der Waals surface area contributed by atoms with E-state index in [1.165, 1.54) is 0 Å². The van der Waals surface area contributed by atoms with Gasteiger partial charge in [-0.2, -0.15) is 0 Å². The first kappa shape index (κ1) is 14.2. The number of hydrogen-bond acceptors (Lipinski definition) is 2. The molecule has 0 bridgehead atoms. The Morgan fingerprint density at radius 3 is 2.44 bits per heavy atom. The lowest BCUT2D eigenvalue weighted by Gasteiger charge is -1.99. The molecular formula is C16H21NO. The maximum Gasteiger partial charge on any atom is 0.119 e. The van der Waals surface area contributed by atoms with Crippen LogP contribution in [-0.2, 0) is 0 Å². The van der Waals surface area contributed by atoms with Crippen molar-refractivity contribution in [1.29, 1.82) is 0 Å². The van der Waals surface area contributed by atoms with E-state index in [0.29, 0.717) is 0 Å². The fourth-order valence-electron chi connectivity index (χ4n) is 1.47. The molecule has 1 rings (SSSR count). The second-order valence-corrected chi connectivity index (χ2v) is 3.88. The van der Waals surface area contributed by atoms with Gasteiger partial charge >= 0.3 is 0 Å². The van der Waals surface area contributed by atoms with E-state index in [1.807, 2.05) is 30.5 Å². The number of hydrogen-bond donors (Lipinski definition) is 0. The van der Waals surface area contributed by atoms with Crippen molar-refractivity contribution < 1.29 is 4.74 Å². The van der Waals surface area contributed by atoms with Crippen LogP contribution in [0.15, 0.2) is 53.1 Å². The maximum absolute atomic E-state index is 5.11. The molecule has 0 spiro atoms. The van der Waals surface area contributed by atoms with Crippen molar-refractivity contribution in [3.63, 3.8) is 0 Å². The lowest BCUT2D eigenvalue weighted by molar-refractivity contribution is 0.415. The van der Waals surface area contributed by atoms with E-state index in [9.17, 15) is 0 Å². The van der Waals surface area contributed by atoms with Crippen LogP contribution in [0.3, 0.4) is 0 Å². The van der Waals surface area contributed by atoms with Crippen LogP contribution in [0.4, 0.5) is 5.69 Å². The van der Waals surface area contributed by atoms with E-state index in [-0.39, 0.29) is 0 Å². The van der Waals surface area contributed by atoms with Crippen LogP contribution in [0.25, 0.3) is 0 Å². The summed E-state index contributed by atoms with van der Waals surface area (Å²) < 4.78 is 5.11. The monoisotopic (exact) mass is 243 g/mol. The van der Waals surface area contributed by atoms with Crippen LogP contribution in [0.2, 0.25) is 0 Å². The Morgan fingerprint density at radius 1 is 1.17 bits per heavy atom. The SMILES string of the molecule is CC/C=C\C(C=Nc1ccc(OC)cc1)=C/CC. The third kappa shape index (κ3) is 5.00. The van der Waals surface area contributed by atoms with Gasteiger partial charge in [-0.1, -0.05) is 32.1 Å². The minimum Gasteiger partial charge on any atom is -0.497 e. The largest absolute Gasteiger partial charge is 0.497 e. The van der Waals surface area contributed by atoms with E-state index in [4.69, 9.17) is 4.74 Å². The maximum atomic E-state index is 5.11. The fraction of sp³-hybridized carbons (Fsp3) is 0.312. The predicted octanol–water partition coefficient (Wildman–Crippen LogP) is 4.70. The van der Waals surface area contributed by atoms with Crippen LogP contribution < -0.4 is 4.74 Å². The number of ether oxygens (including phenoxy) is 1.